The standard InChI is InChI=1S/C14H20N2O3/c1-5-19-13-11(17-3)8-10(9-12(13)18-4)14-15-6-7-16(14)2/h8-9H,5-7H2,1-4H3. The Morgan fingerprint density at radius 2 is 1.84 bits per heavy atom. The van der Waals surface area contributed by atoms with Crippen molar-refractivity contribution in [2.75, 3.05) is 41.0 Å². The smallest absolute Gasteiger partial charge is 0.203 e. The summed E-state index contributed by atoms with van der Waals surface area (Å²) in [5, 5.41) is 0. The van der Waals surface area contributed by atoms with Crippen LogP contribution in [0.4, 0.5) is 0 Å². The molecular weight excluding hydrogens is 244 g/mol. The Morgan fingerprint density at radius 1 is 1.21 bits per heavy atom. The fraction of sp³-hybridized carbons (Fsp3) is 0.500. The van der Waals surface area contributed by atoms with Crippen LogP contribution in [0.15, 0.2) is 17.1 Å². The van der Waals surface area contributed by atoms with E-state index in [1.807, 2.05) is 26.1 Å². The minimum absolute atomic E-state index is 0.562. The monoisotopic (exact) mass is 264 g/mol. The van der Waals surface area contributed by atoms with Crippen molar-refractivity contribution in [1.29, 1.82) is 0 Å². The molecule has 104 valence electrons. The largest absolute Gasteiger partial charge is 0.493 e. The van der Waals surface area contributed by atoms with Crippen LogP contribution in [0, 0.1) is 0 Å². The van der Waals surface area contributed by atoms with Gasteiger partial charge in [-0.15, -0.1) is 0 Å². The van der Waals surface area contributed by atoms with Crippen molar-refractivity contribution in [3.05, 3.63) is 17.7 Å². The van der Waals surface area contributed by atoms with Gasteiger partial charge in [0.2, 0.25) is 5.75 Å². The van der Waals surface area contributed by atoms with Crippen LogP contribution in [0.5, 0.6) is 17.2 Å². The van der Waals surface area contributed by atoms with Crippen LogP contribution in [0.3, 0.4) is 0 Å². The van der Waals surface area contributed by atoms with Crippen LogP contribution < -0.4 is 14.2 Å². The van der Waals surface area contributed by atoms with Crippen LogP contribution >= 0.6 is 0 Å². The van der Waals surface area contributed by atoms with E-state index in [-0.39, 0.29) is 0 Å². The zero-order chi connectivity index (χ0) is 13.8. The maximum atomic E-state index is 5.59. The van der Waals surface area contributed by atoms with Gasteiger partial charge in [0.15, 0.2) is 11.5 Å². The van der Waals surface area contributed by atoms with Gasteiger partial charge in [0.1, 0.15) is 5.84 Å². The Morgan fingerprint density at radius 3 is 2.26 bits per heavy atom. The highest BCUT2D eigenvalue weighted by Crippen LogP contribution is 2.39. The average Bonchev–Trinajstić information content (AvgIpc) is 2.85. The molecule has 0 aliphatic carbocycles. The molecule has 19 heavy (non-hydrogen) atoms. The summed E-state index contributed by atoms with van der Waals surface area (Å²) >= 11 is 0. The molecule has 0 atom stereocenters. The van der Waals surface area contributed by atoms with E-state index in [0.29, 0.717) is 23.9 Å². The lowest BCUT2D eigenvalue weighted by atomic mass is 10.1. The number of likely N-dealkylation sites (N-methyl/N-ethyl adjacent to an activating group) is 1. The molecular formula is C14H20N2O3. The van der Waals surface area contributed by atoms with Gasteiger partial charge in [0, 0.05) is 19.2 Å². The Labute approximate surface area is 113 Å². The third kappa shape index (κ3) is 2.59. The van der Waals surface area contributed by atoms with E-state index in [2.05, 4.69) is 9.89 Å². The van der Waals surface area contributed by atoms with Gasteiger partial charge in [0.25, 0.3) is 0 Å². The summed E-state index contributed by atoms with van der Waals surface area (Å²) in [4.78, 5) is 6.62. The normalized spacial score (nSPS) is 14.3. The van der Waals surface area contributed by atoms with Gasteiger partial charge in [-0.2, -0.15) is 0 Å². The van der Waals surface area contributed by atoms with Crippen LogP contribution in [0.2, 0.25) is 0 Å². The van der Waals surface area contributed by atoms with Crippen LogP contribution in [0.1, 0.15) is 12.5 Å². The van der Waals surface area contributed by atoms with E-state index < -0.39 is 0 Å². The molecule has 1 aromatic rings. The molecule has 1 aliphatic heterocycles. The third-order valence-corrected chi connectivity index (χ3v) is 3.07. The molecule has 1 heterocycles. The molecule has 0 saturated heterocycles. The second kappa shape index (κ2) is 5.82. The van der Waals surface area contributed by atoms with Gasteiger partial charge in [-0.3, -0.25) is 4.99 Å². The first-order chi connectivity index (χ1) is 9.21. The van der Waals surface area contributed by atoms with Crippen molar-refractivity contribution in [3.63, 3.8) is 0 Å². The second-order valence-electron chi connectivity index (χ2n) is 4.27. The van der Waals surface area contributed by atoms with Crippen molar-refractivity contribution in [1.82, 2.24) is 4.90 Å². The minimum Gasteiger partial charge on any atom is -0.493 e. The van der Waals surface area contributed by atoms with Gasteiger partial charge < -0.3 is 19.1 Å². The number of amidine groups is 1. The first-order valence-electron chi connectivity index (χ1n) is 6.36. The van der Waals surface area contributed by atoms with Crippen molar-refractivity contribution in [2.24, 2.45) is 4.99 Å². The van der Waals surface area contributed by atoms with Crippen LogP contribution in [-0.2, 0) is 0 Å². The van der Waals surface area contributed by atoms with Crippen molar-refractivity contribution >= 4 is 5.84 Å². The molecule has 1 aliphatic rings. The SMILES string of the molecule is CCOc1c(OC)cc(C2=NCCN2C)cc1OC. The van der Waals surface area contributed by atoms with E-state index in [4.69, 9.17) is 14.2 Å². The van der Waals surface area contributed by atoms with E-state index in [9.17, 15) is 0 Å². The molecule has 0 fully saturated rings. The number of hydrogen-bond acceptors (Lipinski definition) is 5. The van der Waals surface area contributed by atoms with Gasteiger partial charge in [-0.05, 0) is 19.1 Å². The Hall–Kier alpha value is -1.91. The maximum absolute atomic E-state index is 5.59. The quantitative estimate of drug-likeness (QED) is 0.813. The van der Waals surface area contributed by atoms with E-state index >= 15 is 0 Å². The topological polar surface area (TPSA) is 43.3 Å². The fourth-order valence-electron chi connectivity index (χ4n) is 2.14. The number of hydrogen-bond donors (Lipinski definition) is 0. The lowest BCUT2D eigenvalue weighted by molar-refractivity contribution is 0.288. The summed E-state index contributed by atoms with van der Waals surface area (Å²) in [7, 11) is 5.28. The van der Waals surface area contributed by atoms with Crippen molar-refractivity contribution in [2.45, 2.75) is 6.92 Å². The summed E-state index contributed by atoms with van der Waals surface area (Å²) in [6.45, 7) is 4.26. The fourth-order valence-corrected chi connectivity index (χ4v) is 2.14. The Bertz CT molecular complexity index is 461. The summed E-state index contributed by atoms with van der Waals surface area (Å²) in [5.41, 5.74) is 0.983. The third-order valence-electron chi connectivity index (χ3n) is 3.07. The van der Waals surface area contributed by atoms with Gasteiger partial charge in [-0.1, -0.05) is 0 Å². The van der Waals surface area contributed by atoms with E-state index in [1.165, 1.54) is 0 Å². The molecule has 5 heteroatoms. The number of nitrogens with zero attached hydrogens (tertiary/aromatic N) is 2. The highest BCUT2D eigenvalue weighted by Gasteiger charge is 2.20. The summed E-state index contributed by atoms with van der Waals surface area (Å²) < 4.78 is 16.4. The van der Waals surface area contributed by atoms with Crippen LogP contribution in [-0.4, -0.2) is 51.7 Å². The Kier molecular flexibility index (Phi) is 4.14. The Balaban J connectivity index is 2.47. The zero-order valence-electron chi connectivity index (χ0n) is 11.9. The number of methoxy groups -OCH3 is 2. The molecule has 0 N–H and O–H groups in total. The first-order valence-corrected chi connectivity index (χ1v) is 6.36. The lowest BCUT2D eigenvalue weighted by Crippen LogP contribution is -2.23. The molecule has 0 radical (unpaired) electrons. The molecule has 0 aromatic heterocycles. The maximum Gasteiger partial charge on any atom is 0.203 e. The number of aliphatic imine (C=N–C) groups is 1. The highest BCUT2D eigenvalue weighted by molar-refractivity contribution is 6.00. The van der Waals surface area contributed by atoms with Crippen molar-refractivity contribution in [3.8, 4) is 17.2 Å². The van der Waals surface area contributed by atoms with Gasteiger partial charge in [0.05, 0.1) is 27.4 Å². The predicted octanol–water partition coefficient (Wildman–Crippen LogP) is 1.79. The minimum atomic E-state index is 0.562. The number of ether oxygens (including phenoxy) is 3. The van der Waals surface area contributed by atoms with Crippen LogP contribution in [0.25, 0.3) is 0 Å². The number of benzene rings is 1. The molecule has 2 rings (SSSR count). The molecule has 0 unspecified atom stereocenters. The second-order valence-corrected chi connectivity index (χ2v) is 4.27. The lowest BCUT2D eigenvalue weighted by Gasteiger charge is -2.18. The van der Waals surface area contributed by atoms with Crippen molar-refractivity contribution < 1.29 is 14.2 Å². The van der Waals surface area contributed by atoms with Gasteiger partial charge in [-0.25, -0.2) is 0 Å². The summed E-state index contributed by atoms with van der Waals surface area (Å²) in [6.07, 6.45) is 0. The van der Waals surface area contributed by atoms with E-state index in [1.54, 1.807) is 14.2 Å². The molecule has 5 nitrogen and oxygen atoms in total. The molecule has 0 amide bonds. The molecule has 0 spiro atoms. The predicted molar refractivity (Wildman–Crippen MR) is 74.7 cm³/mol. The highest BCUT2D eigenvalue weighted by atomic mass is 16.5. The summed E-state index contributed by atoms with van der Waals surface area (Å²) in [6, 6.07) is 3.88. The number of rotatable bonds is 5. The van der Waals surface area contributed by atoms with Gasteiger partial charge >= 0.3 is 0 Å². The van der Waals surface area contributed by atoms with E-state index in [0.717, 1.165) is 24.5 Å². The first kappa shape index (κ1) is 13.5. The average molecular weight is 264 g/mol. The zero-order valence-corrected chi connectivity index (χ0v) is 11.9. The molecule has 1 aromatic carbocycles. The molecule has 0 bridgehead atoms. The summed E-state index contributed by atoms with van der Waals surface area (Å²) in [5.74, 6) is 2.93. The molecule has 0 saturated carbocycles.